The molecule has 5 heteroatoms. The molecule has 2 N–H and O–H groups in total. The van der Waals surface area contributed by atoms with Gasteiger partial charge in [0.2, 0.25) is 6.41 Å². The molecule has 0 heterocycles. The first-order valence-electron chi connectivity index (χ1n) is 11.7. The van der Waals surface area contributed by atoms with Crippen LogP contribution in [-0.4, -0.2) is 23.0 Å². The third-order valence-corrected chi connectivity index (χ3v) is 5.77. The molecule has 0 aromatic heterocycles. The lowest BCUT2D eigenvalue weighted by atomic mass is 10.1. The fourth-order valence-corrected chi connectivity index (χ4v) is 4.01. The van der Waals surface area contributed by atoms with E-state index in [0.29, 0.717) is 49.7 Å². The van der Waals surface area contributed by atoms with Crippen LogP contribution in [0.1, 0.15) is 28.4 Å². The number of nitrogens with one attached hydrogen (secondary N) is 1. The second kappa shape index (κ2) is 12.5. The van der Waals surface area contributed by atoms with Crippen molar-refractivity contribution < 1.29 is 14.6 Å². The van der Waals surface area contributed by atoms with E-state index in [2.05, 4.69) is 34.5 Å². The first-order chi connectivity index (χ1) is 17.2. The van der Waals surface area contributed by atoms with Crippen LogP contribution in [-0.2, 0) is 24.5 Å². The molecule has 5 nitrogen and oxygen atoms in total. The van der Waals surface area contributed by atoms with E-state index in [1.165, 1.54) is 11.1 Å². The van der Waals surface area contributed by atoms with Gasteiger partial charge in [0.05, 0.1) is 11.8 Å². The van der Waals surface area contributed by atoms with E-state index < -0.39 is 6.10 Å². The molecule has 0 spiro atoms. The number of aliphatic hydroxyl groups excluding tert-OH is 1. The molecule has 0 aliphatic heterocycles. The van der Waals surface area contributed by atoms with E-state index in [4.69, 9.17) is 4.74 Å². The number of aliphatic hydroxyl groups is 1. The van der Waals surface area contributed by atoms with Crippen LogP contribution in [0.3, 0.4) is 0 Å². The highest BCUT2D eigenvalue weighted by Gasteiger charge is 2.17. The summed E-state index contributed by atoms with van der Waals surface area (Å²) < 4.78 is 5.94. The highest BCUT2D eigenvalue weighted by Crippen LogP contribution is 2.29. The third-order valence-electron chi connectivity index (χ3n) is 5.77. The minimum atomic E-state index is -0.738. The molecule has 35 heavy (non-hydrogen) atoms. The van der Waals surface area contributed by atoms with E-state index >= 15 is 0 Å². The Morgan fingerprint density at radius 1 is 0.771 bits per heavy atom. The van der Waals surface area contributed by atoms with Gasteiger partial charge in [-0.3, -0.25) is 9.69 Å². The average Bonchev–Trinajstić information content (AvgIpc) is 2.90. The molecule has 4 rings (SSSR count). The lowest BCUT2D eigenvalue weighted by molar-refractivity contribution is -0.105. The molecule has 1 unspecified atom stereocenters. The average molecular weight is 467 g/mol. The number of carbonyl (C=O) groups excluding carboxylic acids is 1. The van der Waals surface area contributed by atoms with Crippen LogP contribution in [0.15, 0.2) is 109 Å². The van der Waals surface area contributed by atoms with Gasteiger partial charge in [-0.1, -0.05) is 97.1 Å². The molecule has 178 valence electrons. The summed E-state index contributed by atoms with van der Waals surface area (Å²) in [5, 5.41) is 13.9. The molecule has 0 aliphatic rings. The summed E-state index contributed by atoms with van der Waals surface area (Å²) in [6, 6.07) is 35.8. The summed E-state index contributed by atoms with van der Waals surface area (Å²) in [6.45, 7) is 2.25. The lowest BCUT2D eigenvalue weighted by Gasteiger charge is -2.26. The Bertz CT molecular complexity index is 1140. The Hall–Kier alpha value is -3.93. The molecular formula is C30H30N2O3. The number of ether oxygens (including phenoxy) is 1. The van der Waals surface area contributed by atoms with Crippen LogP contribution in [0.4, 0.5) is 5.69 Å². The van der Waals surface area contributed by atoms with Crippen molar-refractivity contribution in [1.29, 1.82) is 0 Å². The maximum absolute atomic E-state index is 11.2. The molecule has 1 atom stereocenters. The Balaban J connectivity index is 1.49. The number of anilines is 1. The van der Waals surface area contributed by atoms with Gasteiger partial charge in [0.25, 0.3) is 0 Å². The lowest BCUT2D eigenvalue weighted by Crippen LogP contribution is -2.28. The summed E-state index contributed by atoms with van der Waals surface area (Å²) in [7, 11) is 0. The molecule has 0 saturated carbocycles. The molecule has 0 fully saturated rings. The van der Waals surface area contributed by atoms with Crippen molar-refractivity contribution >= 4 is 12.1 Å². The van der Waals surface area contributed by atoms with Crippen LogP contribution in [0, 0.1) is 0 Å². The first-order valence-corrected chi connectivity index (χ1v) is 11.7. The molecule has 0 saturated heterocycles. The van der Waals surface area contributed by atoms with Crippen LogP contribution in [0.5, 0.6) is 5.75 Å². The number of rotatable bonds is 12. The molecular weight excluding hydrogens is 436 g/mol. The standard InChI is InChI=1S/C30H30N2O3/c33-23-31-28-18-27(16-17-30(28)35-22-26-14-8-3-9-15-26)29(34)21-32(19-24-10-4-1-5-11-24)20-25-12-6-2-7-13-25/h1-18,23,29,34H,19-22H2,(H,31,33). The summed E-state index contributed by atoms with van der Waals surface area (Å²) in [4.78, 5) is 13.5. The number of nitrogens with zero attached hydrogens (tertiary/aromatic N) is 1. The van der Waals surface area contributed by atoms with E-state index in [1.54, 1.807) is 12.1 Å². The summed E-state index contributed by atoms with van der Waals surface area (Å²) >= 11 is 0. The summed E-state index contributed by atoms with van der Waals surface area (Å²) in [5.41, 5.74) is 4.65. The van der Waals surface area contributed by atoms with Crippen molar-refractivity contribution in [1.82, 2.24) is 4.90 Å². The van der Waals surface area contributed by atoms with Crippen molar-refractivity contribution in [3.8, 4) is 5.75 Å². The van der Waals surface area contributed by atoms with Crippen LogP contribution in [0.2, 0.25) is 0 Å². The van der Waals surface area contributed by atoms with E-state index in [9.17, 15) is 9.90 Å². The number of carbonyl (C=O) groups is 1. The van der Waals surface area contributed by atoms with Crippen molar-refractivity contribution in [3.63, 3.8) is 0 Å². The van der Waals surface area contributed by atoms with Crippen molar-refractivity contribution in [2.75, 3.05) is 11.9 Å². The fourth-order valence-electron chi connectivity index (χ4n) is 4.01. The van der Waals surface area contributed by atoms with Crippen molar-refractivity contribution in [2.45, 2.75) is 25.8 Å². The Morgan fingerprint density at radius 3 is 1.86 bits per heavy atom. The van der Waals surface area contributed by atoms with Gasteiger partial charge in [-0.05, 0) is 34.4 Å². The maximum atomic E-state index is 11.2. The predicted molar refractivity (Wildman–Crippen MR) is 139 cm³/mol. The Labute approximate surface area is 206 Å². The van der Waals surface area contributed by atoms with Crippen molar-refractivity contribution in [3.05, 3.63) is 131 Å². The fraction of sp³-hybridized carbons (Fsp3) is 0.167. The SMILES string of the molecule is O=CNc1cc(C(O)CN(Cc2ccccc2)Cc2ccccc2)ccc1OCc1ccccc1. The zero-order valence-electron chi connectivity index (χ0n) is 19.6. The zero-order valence-corrected chi connectivity index (χ0v) is 19.6. The maximum Gasteiger partial charge on any atom is 0.211 e. The minimum absolute atomic E-state index is 0.387. The highest BCUT2D eigenvalue weighted by atomic mass is 16.5. The number of hydrogen-bond donors (Lipinski definition) is 2. The monoisotopic (exact) mass is 466 g/mol. The quantitative estimate of drug-likeness (QED) is 0.268. The number of benzene rings is 4. The number of amides is 1. The van der Waals surface area contributed by atoms with Gasteiger partial charge in [0.1, 0.15) is 12.4 Å². The van der Waals surface area contributed by atoms with E-state index in [0.717, 1.165) is 5.56 Å². The van der Waals surface area contributed by atoms with E-state index in [1.807, 2.05) is 72.8 Å². The largest absolute Gasteiger partial charge is 0.487 e. The van der Waals surface area contributed by atoms with Gasteiger partial charge in [-0.2, -0.15) is 0 Å². The normalized spacial score (nSPS) is 11.7. The van der Waals surface area contributed by atoms with E-state index in [-0.39, 0.29) is 0 Å². The second-order valence-corrected chi connectivity index (χ2v) is 8.45. The van der Waals surface area contributed by atoms with Gasteiger partial charge in [0, 0.05) is 19.6 Å². The molecule has 0 aliphatic carbocycles. The molecule has 4 aromatic rings. The third kappa shape index (κ3) is 7.27. The van der Waals surface area contributed by atoms with Crippen LogP contribution < -0.4 is 10.1 Å². The minimum Gasteiger partial charge on any atom is -0.487 e. The molecule has 0 radical (unpaired) electrons. The van der Waals surface area contributed by atoms with Crippen LogP contribution >= 0.6 is 0 Å². The van der Waals surface area contributed by atoms with Gasteiger partial charge in [-0.15, -0.1) is 0 Å². The summed E-state index contributed by atoms with van der Waals surface area (Å²) in [5.74, 6) is 0.558. The Morgan fingerprint density at radius 2 is 1.31 bits per heavy atom. The molecule has 0 bridgehead atoms. The topological polar surface area (TPSA) is 61.8 Å². The predicted octanol–water partition coefficient (Wildman–Crippen LogP) is 5.57. The summed E-state index contributed by atoms with van der Waals surface area (Å²) in [6.07, 6.45) is -0.115. The Kier molecular flexibility index (Phi) is 8.65. The zero-order chi connectivity index (χ0) is 24.3. The number of hydrogen-bond acceptors (Lipinski definition) is 4. The van der Waals surface area contributed by atoms with Gasteiger partial charge in [0.15, 0.2) is 0 Å². The first kappa shape index (κ1) is 24.2. The molecule has 4 aromatic carbocycles. The van der Waals surface area contributed by atoms with Gasteiger partial charge in [-0.25, -0.2) is 0 Å². The van der Waals surface area contributed by atoms with Gasteiger partial charge < -0.3 is 15.2 Å². The highest BCUT2D eigenvalue weighted by molar-refractivity contribution is 5.76. The van der Waals surface area contributed by atoms with Crippen molar-refractivity contribution in [2.24, 2.45) is 0 Å². The smallest absolute Gasteiger partial charge is 0.211 e. The molecule has 1 amide bonds. The van der Waals surface area contributed by atoms with Gasteiger partial charge >= 0.3 is 0 Å². The van der Waals surface area contributed by atoms with Crippen LogP contribution in [0.25, 0.3) is 0 Å². The second-order valence-electron chi connectivity index (χ2n) is 8.45.